The van der Waals surface area contributed by atoms with Crippen LogP contribution in [-0.2, 0) is 6.42 Å². The average molecular weight is 412 g/mol. The molecule has 0 saturated heterocycles. The van der Waals surface area contributed by atoms with Gasteiger partial charge in [0.2, 0.25) is 0 Å². The van der Waals surface area contributed by atoms with Gasteiger partial charge in [-0.05, 0) is 30.4 Å². The number of hydrogen-bond acceptors (Lipinski definition) is 7. The molecule has 0 saturated carbocycles. The smallest absolute Gasteiger partial charge is 0.173 e. The predicted octanol–water partition coefficient (Wildman–Crippen LogP) is 5.66. The van der Waals surface area contributed by atoms with Gasteiger partial charge in [-0.25, -0.2) is 4.98 Å². The van der Waals surface area contributed by atoms with Crippen LogP contribution in [0.2, 0.25) is 0 Å². The molecule has 0 fully saturated rings. The standard InChI is InChI=1S/C20H17N3OS3/c1-3-13-6-8-14(9-7-13)15(24)11-26-20-18-19(27-12(2)21-18)17(22-23-20)16-5-4-10-25-16/h4-10H,3,11H2,1-2H3. The highest BCUT2D eigenvalue weighted by Gasteiger charge is 2.17. The normalized spacial score (nSPS) is 11.2. The fourth-order valence-electron chi connectivity index (χ4n) is 2.74. The number of carbonyl (C=O) groups excluding carboxylic acids is 1. The van der Waals surface area contributed by atoms with Crippen LogP contribution in [0.5, 0.6) is 0 Å². The van der Waals surface area contributed by atoms with Gasteiger partial charge in [0.25, 0.3) is 0 Å². The van der Waals surface area contributed by atoms with Crippen molar-refractivity contribution in [2.24, 2.45) is 0 Å². The number of nitrogens with zero attached hydrogens (tertiary/aromatic N) is 3. The number of carbonyl (C=O) groups is 1. The molecule has 0 N–H and O–H groups in total. The number of benzene rings is 1. The lowest BCUT2D eigenvalue weighted by molar-refractivity contribution is 0.102. The van der Waals surface area contributed by atoms with Gasteiger partial charge in [0.05, 0.1) is 20.3 Å². The lowest BCUT2D eigenvalue weighted by atomic mass is 10.1. The number of rotatable bonds is 6. The van der Waals surface area contributed by atoms with E-state index in [0.717, 1.165) is 37.8 Å². The Balaban J connectivity index is 1.59. The molecule has 0 spiro atoms. The van der Waals surface area contributed by atoms with Gasteiger partial charge in [0.1, 0.15) is 16.2 Å². The summed E-state index contributed by atoms with van der Waals surface area (Å²) < 4.78 is 1.03. The maximum Gasteiger partial charge on any atom is 0.173 e. The summed E-state index contributed by atoms with van der Waals surface area (Å²) in [5.41, 5.74) is 3.67. The highest BCUT2D eigenvalue weighted by Crippen LogP contribution is 2.36. The number of thiophene rings is 1. The number of ketones is 1. The first-order chi connectivity index (χ1) is 13.2. The average Bonchev–Trinajstić information content (AvgIpc) is 3.35. The van der Waals surface area contributed by atoms with E-state index in [4.69, 9.17) is 0 Å². The first-order valence-electron chi connectivity index (χ1n) is 8.58. The van der Waals surface area contributed by atoms with E-state index < -0.39 is 0 Å². The second-order valence-electron chi connectivity index (χ2n) is 6.00. The number of Topliss-reactive ketones (excluding diaryl/α,β-unsaturated/α-hetero) is 1. The van der Waals surface area contributed by atoms with Crippen LogP contribution in [-0.4, -0.2) is 26.7 Å². The Kier molecular flexibility index (Phi) is 5.33. The van der Waals surface area contributed by atoms with Gasteiger partial charge in [-0.3, -0.25) is 4.79 Å². The van der Waals surface area contributed by atoms with Crippen molar-refractivity contribution in [1.29, 1.82) is 0 Å². The van der Waals surface area contributed by atoms with Gasteiger partial charge in [0, 0.05) is 5.56 Å². The monoisotopic (exact) mass is 411 g/mol. The van der Waals surface area contributed by atoms with E-state index in [1.807, 2.05) is 48.7 Å². The van der Waals surface area contributed by atoms with Gasteiger partial charge >= 0.3 is 0 Å². The van der Waals surface area contributed by atoms with Crippen LogP contribution in [0.4, 0.5) is 0 Å². The Hall–Kier alpha value is -2.09. The summed E-state index contributed by atoms with van der Waals surface area (Å²) in [5, 5.41) is 12.5. The first-order valence-corrected chi connectivity index (χ1v) is 11.3. The van der Waals surface area contributed by atoms with Crippen LogP contribution in [0.3, 0.4) is 0 Å². The van der Waals surface area contributed by atoms with Crippen molar-refractivity contribution in [1.82, 2.24) is 15.2 Å². The second-order valence-corrected chi connectivity index (χ2v) is 9.12. The molecule has 4 rings (SSSR count). The summed E-state index contributed by atoms with van der Waals surface area (Å²) >= 11 is 4.67. The molecule has 4 aromatic rings. The van der Waals surface area contributed by atoms with Crippen molar-refractivity contribution in [2.45, 2.75) is 25.3 Å². The van der Waals surface area contributed by atoms with Crippen molar-refractivity contribution in [3.63, 3.8) is 0 Å². The van der Waals surface area contributed by atoms with Gasteiger partial charge in [0.15, 0.2) is 5.78 Å². The van der Waals surface area contributed by atoms with Crippen molar-refractivity contribution in [3.05, 3.63) is 57.9 Å². The lowest BCUT2D eigenvalue weighted by Crippen LogP contribution is -2.03. The van der Waals surface area contributed by atoms with E-state index in [1.165, 1.54) is 17.3 Å². The van der Waals surface area contributed by atoms with E-state index in [-0.39, 0.29) is 5.78 Å². The Bertz CT molecular complexity index is 1090. The number of thiazole rings is 1. The molecule has 136 valence electrons. The Morgan fingerprint density at radius 3 is 2.67 bits per heavy atom. The van der Waals surface area contributed by atoms with Crippen LogP contribution in [0.15, 0.2) is 46.8 Å². The van der Waals surface area contributed by atoms with Crippen molar-refractivity contribution < 1.29 is 4.79 Å². The molecule has 4 nitrogen and oxygen atoms in total. The van der Waals surface area contributed by atoms with Crippen molar-refractivity contribution in [3.8, 4) is 10.6 Å². The number of hydrogen-bond donors (Lipinski definition) is 0. The van der Waals surface area contributed by atoms with E-state index in [9.17, 15) is 4.79 Å². The molecule has 0 aliphatic heterocycles. The highest BCUT2D eigenvalue weighted by atomic mass is 32.2. The predicted molar refractivity (Wildman–Crippen MR) is 114 cm³/mol. The SMILES string of the molecule is CCc1ccc(C(=O)CSc2nnc(-c3cccs3)c3sc(C)nc23)cc1. The minimum Gasteiger partial charge on any atom is -0.293 e. The number of thioether (sulfide) groups is 1. The Morgan fingerprint density at radius 1 is 1.15 bits per heavy atom. The zero-order chi connectivity index (χ0) is 18.8. The minimum atomic E-state index is 0.0897. The molecule has 0 radical (unpaired) electrons. The third-order valence-corrected chi connectivity index (χ3v) is 6.98. The maximum absolute atomic E-state index is 12.5. The van der Waals surface area contributed by atoms with Gasteiger partial charge in [-0.2, -0.15) is 0 Å². The lowest BCUT2D eigenvalue weighted by Gasteiger charge is -2.04. The molecule has 0 aliphatic carbocycles. The van der Waals surface area contributed by atoms with Crippen LogP contribution >= 0.6 is 34.4 Å². The Labute approximate surface area is 169 Å². The van der Waals surface area contributed by atoms with Crippen LogP contribution < -0.4 is 0 Å². The summed E-state index contributed by atoms with van der Waals surface area (Å²) in [5.74, 6) is 0.413. The molecule has 3 heterocycles. The summed E-state index contributed by atoms with van der Waals surface area (Å²) in [7, 11) is 0. The van der Waals surface area contributed by atoms with Crippen LogP contribution in [0, 0.1) is 6.92 Å². The number of fused-ring (bicyclic) bond motifs is 1. The van der Waals surface area contributed by atoms with Crippen molar-refractivity contribution in [2.75, 3.05) is 5.75 Å². The zero-order valence-corrected chi connectivity index (χ0v) is 17.4. The van der Waals surface area contributed by atoms with E-state index in [0.29, 0.717) is 10.8 Å². The fourth-order valence-corrected chi connectivity index (χ4v) is 5.32. The highest BCUT2D eigenvalue weighted by molar-refractivity contribution is 8.00. The summed E-state index contributed by atoms with van der Waals surface area (Å²) in [4.78, 5) is 18.3. The van der Waals surface area contributed by atoms with Crippen LogP contribution in [0.1, 0.15) is 27.9 Å². The first kappa shape index (κ1) is 18.3. The van der Waals surface area contributed by atoms with Gasteiger partial charge in [-0.1, -0.05) is 49.0 Å². The summed E-state index contributed by atoms with van der Waals surface area (Å²) in [6.07, 6.45) is 0.969. The quantitative estimate of drug-likeness (QED) is 0.303. The van der Waals surface area contributed by atoms with E-state index >= 15 is 0 Å². The second kappa shape index (κ2) is 7.88. The van der Waals surface area contributed by atoms with Gasteiger partial charge < -0.3 is 0 Å². The molecule has 1 aromatic carbocycles. The van der Waals surface area contributed by atoms with Crippen molar-refractivity contribution >= 4 is 50.4 Å². The largest absolute Gasteiger partial charge is 0.293 e. The topological polar surface area (TPSA) is 55.7 Å². The molecule has 0 bridgehead atoms. The molecule has 0 amide bonds. The molecule has 27 heavy (non-hydrogen) atoms. The Morgan fingerprint density at radius 2 is 1.96 bits per heavy atom. The molecule has 3 aromatic heterocycles. The molecule has 7 heteroatoms. The number of aromatic nitrogens is 3. The molecular formula is C20H17N3OS3. The van der Waals surface area contributed by atoms with E-state index in [1.54, 1.807) is 22.7 Å². The molecule has 0 unspecified atom stereocenters. The minimum absolute atomic E-state index is 0.0897. The summed E-state index contributed by atoms with van der Waals surface area (Å²) in [6, 6.07) is 11.9. The fraction of sp³-hybridized carbons (Fsp3) is 0.200. The van der Waals surface area contributed by atoms with Crippen LogP contribution in [0.25, 0.3) is 20.8 Å². The third-order valence-electron chi connectivity index (χ3n) is 4.17. The molecule has 0 aliphatic rings. The summed E-state index contributed by atoms with van der Waals surface area (Å²) in [6.45, 7) is 4.09. The van der Waals surface area contributed by atoms with E-state index in [2.05, 4.69) is 22.1 Å². The molecular weight excluding hydrogens is 394 g/mol. The van der Waals surface area contributed by atoms with Gasteiger partial charge in [-0.15, -0.1) is 32.9 Å². The number of aryl methyl sites for hydroxylation is 2. The third kappa shape index (κ3) is 3.81. The zero-order valence-electron chi connectivity index (χ0n) is 14.9. The maximum atomic E-state index is 12.5. The molecule has 0 atom stereocenters.